The van der Waals surface area contributed by atoms with Crippen LogP contribution >= 0.6 is 11.3 Å². The van der Waals surface area contributed by atoms with E-state index in [9.17, 15) is 14.4 Å². The molecule has 152 valence electrons. The SMILES string of the molecule is CC[C@H](C)n1nccc1NC(=O)[C@H](C)OC(=O)c1c(NC(C)=O)sc(C)c1C. The molecule has 0 aliphatic heterocycles. The first-order valence-corrected chi connectivity index (χ1v) is 9.90. The van der Waals surface area contributed by atoms with Crippen molar-refractivity contribution < 1.29 is 19.1 Å². The van der Waals surface area contributed by atoms with Crippen LogP contribution in [0.25, 0.3) is 0 Å². The van der Waals surface area contributed by atoms with E-state index in [1.54, 1.807) is 23.9 Å². The number of aryl methyl sites for hydroxylation is 1. The number of aromatic nitrogens is 2. The van der Waals surface area contributed by atoms with Gasteiger partial charge >= 0.3 is 5.97 Å². The fourth-order valence-electron chi connectivity index (χ4n) is 2.56. The van der Waals surface area contributed by atoms with Crippen molar-refractivity contribution in [3.05, 3.63) is 28.3 Å². The maximum atomic E-state index is 12.7. The Hall–Kier alpha value is -2.68. The average Bonchev–Trinajstić information content (AvgIpc) is 3.18. The van der Waals surface area contributed by atoms with E-state index in [4.69, 9.17) is 4.74 Å². The number of hydrogen-bond donors (Lipinski definition) is 2. The van der Waals surface area contributed by atoms with Crippen LogP contribution < -0.4 is 10.6 Å². The Morgan fingerprint density at radius 1 is 1.25 bits per heavy atom. The molecule has 0 radical (unpaired) electrons. The Labute approximate surface area is 168 Å². The van der Waals surface area contributed by atoms with Crippen molar-refractivity contribution in [1.29, 1.82) is 0 Å². The molecule has 0 saturated heterocycles. The minimum absolute atomic E-state index is 0.125. The second kappa shape index (κ2) is 9.01. The normalized spacial score (nSPS) is 12.9. The van der Waals surface area contributed by atoms with Gasteiger partial charge in [-0.25, -0.2) is 9.48 Å². The second-order valence-corrected chi connectivity index (χ2v) is 7.85. The Morgan fingerprint density at radius 3 is 2.54 bits per heavy atom. The summed E-state index contributed by atoms with van der Waals surface area (Å²) in [5.41, 5.74) is 1.00. The summed E-state index contributed by atoms with van der Waals surface area (Å²) in [5.74, 6) is -0.837. The van der Waals surface area contributed by atoms with E-state index >= 15 is 0 Å². The highest BCUT2D eigenvalue weighted by molar-refractivity contribution is 7.16. The zero-order chi connectivity index (χ0) is 21.0. The van der Waals surface area contributed by atoms with Crippen LogP contribution in [0.15, 0.2) is 12.3 Å². The topological polar surface area (TPSA) is 102 Å². The van der Waals surface area contributed by atoms with Crippen molar-refractivity contribution in [3.63, 3.8) is 0 Å². The number of ether oxygens (including phenoxy) is 1. The molecule has 0 spiro atoms. The summed E-state index contributed by atoms with van der Waals surface area (Å²) >= 11 is 1.30. The number of esters is 1. The van der Waals surface area contributed by atoms with Crippen molar-refractivity contribution >= 4 is 39.9 Å². The Balaban J connectivity index is 2.12. The monoisotopic (exact) mass is 406 g/mol. The van der Waals surface area contributed by atoms with Gasteiger partial charge in [0.05, 0.1) is 17.8 Å². The maximum absolute atomic E-state index is 12.7. The number of amides is 2. The van der Waals surface area contributed by atoms with Gasteiger partial charge in [0, 0.05) is 17.9 Å². The van der Waals surface area contributed by atoms with Crippen molar-refractivity contribution in [1.82, 2.24) is 9.78 Å². The lowest BCUT2D eigenvalue weighted by molar-refractivity contribution is -0.123. The van der Waals surface area contributed by atoms with Gasteiger partial charge in [-0.3, -0.25) is 9.59 Å². The van der Waals surface area contributed by atoms with Gasteiger partial charge in [-0.2, -0.15) is 5.10 Å². The molecule has 2 atom stereocenters. The minimum atomic E-state index is -1.02. The molecule has 0 aromatic carbocycles. The van der Waals surface area contributed by atoms with Crippen LogP contribution in [-0.4, -0.2) is 33.7 Å². The van der Waals surface area contributed by atoms with Gasteiger partial charge < -0.3 is 15.4 Å². The summed E-state index contributed by atoms with van der Waals surface area (Å²) in [6.07, 6.45) is 1.45. The van der Waals surface area contributed by atoms with Crippen molar-refractivity contribution in [2.75, 3.05) is 10.6 Å². The van der Waals surface area contributed by atoms with Gasteiger partial charge in [-0.15, -0.1) is 11.3 Å². The third-order valence-electron chi connectivity index (χ3n) is 4.46. The Kier molecular flexibility index (Phi) is 6.95. The first-order valence-electron chi connectivity index (χ1n) is 9.08. The summed E-state index contributed by atoms with van der Waals surface area (Å²) in [6, 6.07) is 1.82. The van der Waals surface area contributed by atoms with Gasteiger partial charge in [0.15, 0.2) is 6.10 Å². The minimum Gasteiger partial charge on any atom is -0.449 e. The molecule has 2 aromatic rings. The predicted octanol–water partition coefficient (Wildman–Crippen LogP) is 3.67. The summed E-state index contributed by atoms with van der Waals surface area (Å²) in [7, 11) is 0. The third kappa shape index (κ3) is 4.78. The van der Waals surface area contributed by atoms with E-state index in [0.29, 0.717) is 10.8 Å². The number of thiophene rings is 1. The molecule has 0 fully saturated rings. The van der Waals surface area contributed by atoms with Crippen molar-refractivity contribution in [2.45, 2.75) is 60.1 Å². The molecule has 0 unspecified atom stereocenters. The number of rotatable bonds is 7. The fraction of sp³-hybridized carbons (Fsp3) is 0.474. The van der Waals surface area contributed by atoms with Crippen LogP contribution in [0.2, 0.25) is 0 Å². The number of carbonyl (C=O) groups excluding carboxylic acids is 3. The zero-order valence-electron chi connectivity index (χ0n) is 17.0. The van der Waals surface area contributed by atoms with E-state index in [1.165, 1.54) is 25.2 Å². The molecule has 0 bridgehead atoms. The van der Waals surface area contributed by atoms with Gasteiger partial charge in [-0.05, 0) is 39.7 Å². The number of hydrogen-bond acceptors (Lipinski definition) is 6. The molecule has 8 nitrogen and oxygen atoms in total. The highest BCUT2D eigenvalue weighted by atomic mass is 32.1. The van der Waals surface area contributed by atoms with Crippen LogP contribution in [0.1, 0.15) is 61.0 Å². The van der Waals surface area contributed by atoms with Gasteiger partial charge in [-0.1, -0.05) is 6.92 Å². The van der Waals surface area contributed by atoms with Gasteiger partial charge in [0.2, 0.25) is 5.91 Å². The summed E-state index contributed by atoms with van der Waals surface area (Å²) < 4.78 is 7.08. The molecule has 9 heteroatoms. The average molecular weight is 407 g/mol. The van der Waals surface area contributed by atoms with Crippen LogP contribution in [0.3, 0.4) is 0 Å². The van der Waals surface area contributed by atoms with E-state index in [0.717, 1.165) is 16.9 Å². The zero-order valence-corrected chi connectivity index (χ0v) is 17.8. The van der Waals surface area contributed by atoms with Crippen molar-refractivity contribution in [3.8, 4) is 0 Å². The molecular weight excluding hydrogens is 380 g/mol. The molecule has 2 aromatic heterocycles. The molecule has 0 aliphatic carbocycles. The molecule has 0 saturated carbocycles. The van der Waals surface area contributed by atoms with Gasteiger partial charge in [0.25, 0.3) is 5.91 Å². The molecular formula is C19H26N4O4S. The van der Waals surface area contributed by atoms with E-state index in [1.807, 2.05) is 20.8 Å². The van der Waals surface area contributed by atoms with E-state index < -0.39 is 18.0 Å². The predicted molar refractivity (Wildman–Crippen MR) is 109 cm³/mol. The lowest BCUT2D eigenvalue weighted by atomic mass is 10.1. The molecule has 28 heavy (non-hydrogen) atoms. The molecule has 2 amide bonds. The quantitative estimate of drug-likeness (QED) is 0.683. The highest BCUT2D eigenvalue weighted by Crippen LogP contribution is 2.33. The third-order valence-corrected chi connectivity index (χ3v) is 5.58. The van der Waals surface area contributed by atoms with Crippen molar-refractivity contribution in [2.24, 2.45) is 0 Å². The fourth-order valence-corrected chi connectivity index (χ4v) is 3.65. The molecule has 0 aliphatic rings. The number of nitrogens with zero attached hydrogens (tertiary/aromatic N) is 2. The second-order valence-electron chi connectivity index (χ2n) is 6.62. The standard InChI is InChI=1S/C19H26N4O4S/c1-7-10(2)23-15(8-9-20-23)22-17(25)12(4)27-19(26)16-11(3)13(5)28-18(16)21-14(6)24/h8-10,12H,7H2,1-6H3,(H,21,24)(H,22,25)/t10-,12-/m0/s1. The Bertz CT molecular complexity index is 887. The lowest BCUT2D eigenvalue weighted by Gasteiger charge is -2.17. The first kappa shape index (κ1) is 21.6. The van der Waals surface area contributed by atoms with Crippen LogP contribution in [-0.2, 0) is 14.3 Å². The number of carbonyl (C=O) groups is 3. The van der Waals surface area contributed by atoms with Crippen LogP contribution in [0.4, 0.5) is 10.8 Å². The van der Waals surface area contributed by atoms with Crippen LogP contribution in [0.5, 0.6) is 0 Å². The van der Waals surface area contributed by atoms with Gasteiger partial charge in [0.1, 0.15) is 10.8 Å². The highest BCUT2D eigenvalue weighted by Gasteiger charge is 2.26. The first-order chi connectivity index (χ1) is 13.1. The summed E-state index contributed by atoms with van der Waals surface area (Å²) in [4.78, 5) is 37.4. The smallest absolute Gasteiger partial charge is 0.342 e. The van der Waals surface area contributed by atoms with E-state index in [2.05, 4.69) is 15.7 Å². The number of nitrogens with one attached hydrogen (secondary N) is 2. The van der Waals surface area contributed by atoms with E-state index in [-0.39, 0.29) is 17.5 Å². The molecule has 2 N–H and O–H groups in total. The summed E-state index contributed by atoms with van der Waals surface area (Å²) in [6.45, 7) is 10.5. The lowest BCUT2D eigenvalue weighted by Crippen LogP contribution is -2.31. The maximum Gasteiger partial charge on any atom is 0.342 e. The molecule has 2 rings (SSSR count). The van der Waals surface area contributed by atoms with Crippen LogP contribution in [0, 0.1) is 13.8 Å². The number of anilines is 2. The largest absolute Gasteiger partial charge is 0.449 e. The summed E-state index contributed by atoms with van der Waals surface area (Å²) in [5, 5.41) is 10.0. The molecule has 2 heterocycles. The Morgan fingerprint density at radius 2 is 1.93 bits per heavy atom.